The molecule has 3 N–H and O–H groups in total. The Morgan fingerprint density at radius 3 is 2.40 bits per heavy atom. The SMILES string of the molecule is BNCCN. The zero-order chi connectivity index (χ0) is 4.12. The molecule has 0 spiro atoms. The van der Waals surface area contributed by atoms with Crippen LogP contribution in [0.2, 0.25) is 0 Å². The predicted octanol–water partition coefficient (Wildman–Crippen LogP) is -1.92. The van der Waals surface area contributed by atoms with Crippen LogP contribution in [0.1, 0.15) is 0 Å². The van der Waals surface area contributed by atoms with E-state index in [0.717, 1.165) is 13.1 Å². The molecule has 0 radical (unpaired) electrons. The van der Waals surface area contributed by atoms with Crippen LogP contribution >= 0.6 is 0 Å². The first-order chi connectivity index (χ1) is 2.41. The molecular weight excluding hydrogens is 62.8 g/mol. The molecule has 30 valence electrons. The maximum Gasteiger partial charge on any atom is 0.181 e. The summed E-state index contributed by atoms with van der Waals surface area (Å²) in [7, 11) is 1.88. The highest BCUT2D eigenvalue weighted by molar-refractivity contribution is 6.04. The van der Waals surface area contributed by atoms with Gasteiger partial charge in [0.25, 0.3) is 0 Å². The van der Waals surface area contributed by atoms with Gasteiger partial charge in [0.2, 0.25) is 0 Å². The summed E-state index contributed by atoms with van der Waals surface area (Å²) in [4.78, 5) is 0. The van der Waals surface area contributed by atoms with Crippen LogP contribution in [-0.2, 0) is 0 Å². The van der Waals surface area contributed by atoms with Crippen LogP contribution in [-0.4, -0.2) is 21.1 Å². The fourth-order valence-corrected chi connectivity index (χ4v) is 0.144. The van der Waals surface area contributed by atoms with Crippen molar-refractivity contribution in [2.24, 2.45) is 5.73 Å². The van der Waals surface area contributed by atoms with Crippen molar-refractivity contribution in [2.75, 3.05) is 13.1 Å². The molecule has 0 saturated carbocycles. The summed E-state index contributed by atoms with van der Waals surface area (Å²) in [6.45, 7) is 1.65. The molecule has 2 nitrogen and oxygen atoms in total. The van der Waals surface area contributed by atoms with Gasteiger partial charge >= 0.3 is 0 Å². The molecule has 0 fully saturated rings. The molecule has 0 amide bonds. The number of hydrogen-bond donors (Lipinski definition) is 2. The fraction of sp³-hybridized carbons (Fsp3) is 1.00. The quantitative estimate of drug-likeness (QED) is 0.373. The van der Waals surface area contributed by atoms with E-state index in [1.165, 1.54) is 0 Å². The van der Waals surface area contributed by atoms with Crippen LogP contribution in [0.4, 0.5) is 0 Å². The topological polar surface area (TPSA) is 38.0 Å². The molecule has 0 aliphatic heterocycles. The monoisotopic (exact) mass is 72.1 g/mol. The zero-order valence-electron chi connectivity index (χ0n) is 3.49. The average molecular weight is 71.9 g/mol. The lowest BCUT2D eigenvalue weighted by atomic mass is 10.4. The van der Waals surface area contributed by atoms with Gasteiger partial charge in [0, 0.05) is 6.54 Å². The highest BCUT2D eigenvalue weighted by atomic mass is 14.8. The third-order valence-corrected chi connectivity index (χ3v) is 0.394. The summed E-state index contributed by atoms with van der Waals surface area (Å²) in [6, 6.07) is 0. The molecular formula is C2H9BN2. The first kappa shape index (κ1) is 4.98. The Balaban J connectivity index is 2.19. The first-order valence-electron chi connectivity index (χ1n) is 1.76. The second-order valence-electron chi connectivity index (χ2n) is 0.892. The lowest BCUT2D eigenvalue weighted by Crippen LogP contribution is -2.18. The van der Waals surface area contributed by atoms with E-state index in [9.17, 15) is 0 Å². The van der Waals surface area contributed by atoms with Gasteiger partial charge in [-0.2, -0.15) is 0 Å². The van der Waals surface area contributed by atoms with E-state index in [0.29, 0.717) is 0 Å². The molecule has 0 unspecified atom stereocenters. The molecule has 0 bridgehead atoms. The Labute approximate surface area is 33.2 Å². The molecule has 0 aliphatic rings. The molecule has 0 aromatic rings. The molecule has 5 heavy (non-hydrogen) atoms. The minimum absolute atomic E-state index is 0.733. The van der Waals surface area contributed by atoms with E-state index in [2.05, 4.69) is 5.23 Å². The highest BCUT2D eigenvalue weighted by Crippen LogP contribution is 1.35. The van der Waals surface area contributed by atoms with Gasteiger partial charge in [-0.05, 0) is 6.54 Å². The standard InChI is InChI=1S/C2H9BN2/c3-5-2-1-4/h5H,1-4H2. The van der Waals surface area contributed by atoms with E-state index in [-0.39, 0.29) is 0 Å². The lowest BCUT2D eigenvalue weighted by molar-refractivity contribution is 0.908. The maximum absolute atomic E-state index is 5.08. The first-order valence-corrected chi connectivity index (χ1v) is 1.76. The number of nitrogens with two attached hydrogens (primary N) is 1. The van der Waals surface area contributed by atoms with Crippen LogP contribution in [0, 0.1) is 0 Å². The van der Waals surface area contributed by atoms with Gasteiger partial charge in [-0.1, -0.05) is 0 Å². The van der Waals surface area contributed by atoms with E-state index in [4.69, 9.17) is 5.73 Å². The minimum atomic E-state index is 0.733. The molecule has 3 heteroatoms. The summed E-state index contributed by atoms with van der Waals surface area (Å²) in [5.41, 5.74) is 5.08. The van der Waals surface area contributed by atoms with Gasteiger partial charge in [-0.3, -0.25) is 0 Å². The number of nitrogens with one attached hydrogen (secondary N) is 1. The fourth-order valence-electron chi connectivity index (χ4n) is 0.144. The molecule has 0 saturated heterocycles. The van der Waals surface area contributed by atoms with Gasteiger partial charge in [0.15, 0.2) is 7.98 Å². The average Bonchev–Trinajstić information content (AvgIpc) is 1.41. The van der Waals surface area contributed by atoms with Gasteiger partial charge in [0.1, 0.15) is 0 Å². The second-order valence-corrected chi connectivity index (χ2v) is 0.892. The van der Waals surface area contributed by atoms with E-state index < -0.39 is 0 Å². The van der Waals surface area contributed by atoms with Crippen molar-refractivity contribution in [3.63, 3.8) is 0 Å². The third kappa shape index (κ3) is 3.98. The number of hydrogen-bond acceptors (Lipinski definition) is 2. The summed E-state index contributed by atoms with van der Waals surface area (Å²) < 4.78 is 0. The zero-order valence-corrected chi connectivity index (χ0v) is 3.49. The lowest BCUT2D eigenvalue weighted by Gasteiger charge is -1.85. The van der Waals surface area contributed by atoms with Crippen molar-refractivity contribution in [3.8, 4) is 0 Å². The van der Waals surface area contributed by atoms with Gasteiger partial charge in [0.05, 0.1) is 0 Å². The molecule has 0 rings (SSSR count). The number of rotatable bonds is 2. The Hall–Kier alpha value is -0.0151. The van der Waals surface area contributed by atoms with Crippen LogP contribution in [0.3, 0.4) is 0 Å². The van der Waals surface area contributed by atoms with Crippen LogP contribution in [0.25, 0.3) is 0 Å². The summed E-state index contributed by atoms with van der Waals surface area (Å²) in [5, 5.41) is 2.89. The summed E-state index contributed by atoms with van der Waals surface area (Å²) in [6.07, 6.45) is 0. The van der Waals surface area contributed by atoms with Crippen molar-refractivity contribution in [1.29, 1.82) is 0 Å². The normalized spacial score (nSPS) is 8.20. The Morgan fingerprint density at radius 2 is 2.40 bits per heavy atom. The van der Waals surface area contributed by atoms with Crippen molar-refractivity contribution in [1.82, 2.24) is 5.23 Å². The van der Waals surface area contributed by atoms with Crippen molar-refractivity contribution >= 4 is 7.98 Å². The highest BCUT2D eigenvalue weighted by Gasteiger charge is 1.64. The minimum Gasteiger partial charge on any atom is -0.361 e. The van der Waals surface area contributed by atoms with E-state index in [1.54, 1.807) is 0 Å². The molecule has 0 aromatic carbocycles. The summed E-state index contributed by atoms with van der Waals surface area (Å²) >= 11 is 0. The molecule has 0 aromatic heterocycles. The maximum atomic E-state index is 5.08. The summed E-state index contributed by atoms with van der Waals surface area (Å²) in [5.74, 6) is 0. The van der Waals surface area contributed by atoms with Crippen LogP contribution in [0.5, 0.6) is 0 Å². The molecule has 0 aliphatic carbocycles. The second kappa shape index (κ2) is 3.98. The van der Waals surface area contributed by atoms with Gasteiger partial charge < -0.3 is 11.0 Å². The molecule has 0 atom stereocenters. The third-order valence-electron chi connectivity index (χ3n) is 0.394. The van der Waals surface area contributed by atoms with Gasteiger partial charge in [-0.25, -0.2) is 0 Å². The van der Waals surface area contributed by atoms with E-state index in [1.807, 2.05) is 7.98 Å². The Morgan fingerprint density at radius 1 is 1.80 bits per heavy atom. The van der Waals surface area contributed by atoms with Crippen LogP contribution in [0.15, 0.2) is 0 Å². The Kier molecular flexibility index (Phi) is 3.97. The smallest absolute Gasteiger partial charge is 0.181 e. The largest absolute Gasteiger partial charge is 0.361 e. The van der Waals surface area contributed by atoms with Crippen molar-refractivity contribution < 1.29 is 0 Å². The van der Waals surface area contributed by atoms with Crippen molar-refractivity contribution in [3.05, 3.63) is 0 Å². The van der Waals surface area contributed by atoms with Crippen LogP contribution < -0.4 is 11.0 Å². The Bertz CT molecular complexity index is 15.1. The van der Waals surface area contributed by atoms with Gasteiger partial charge in [-0.15, -0.1) is 0 Å². The molecule has 0 heterocycles. The van der Waals surface area contributed by atoms with Crippen molar-refractivity contribution in [2.45, 2.75) is 0 Å². The predicted molar refractivity (Wildman–Crippen MR) is 25.6 cm³/mol. The van der Waals surface area contributed by atoms with E-state index >= 15 is 0 Å².